The molecule has 29 heavy (non-hydrogen) atoms. The molecule has 0 radical (unpaired) electrons. The van der Waals surface area contributed by atoms with Crippen molar-refractivity contribution >= 4 is 26.6 Å². The quantitative estimate of drug-likeness (QED) is 0.571. The van der Waals surface area contributed by atoms with Gasteiger partial charge in [-0.2, -0.15) is 14.0 Å². The normalized spacial score (nSPS) is 16.9. The van der Waals surface area contributed by atoms with E-state index in [1.165, 1.54) is 0 Å². The minimum Gasteiger partial charge on any atom is -0.219 e. The Bertz CT molecular complexity index is 1090. The lowest BCUT2D eigenvalue weighted by Gasteiger charge is -2.20. The van der Waals surface area contributed by atoms with Crippen LogP contribution in [0.1, 0.15) is 16.7 Å². The molecule has 0 N–H and O–H groups in total. The zero-order chi connectivity index (χ0) is 20.3. The maximum absolute atomic E-state index is 11.5. The molecule has 3 aromatic rings. The van der Waals surface area contributed by atoms with Crippen molar-refractivity contribution in [2.75, 3.05) is 0 Å². The molecule has 6 nitrogen and oxygen atoms in total. The number of aliphatic imine (C=N–C) groups is 2. The Morgan fingerprint density at radius 1 is 0.621 bits per heavy atom. The fourth-order valence-corrected chi connectivity index (χ4v) is 5.07. The van der Waals surface area contributed by atoms with Gasteiger partial charge in [-0.3, -0.25) is 0 Å². The average molecular weight is 427 g/mol. The van der Waals surface area contributed by atoms with Crippen molar-refractivity contribution in [1.29, 1.82) is 0 Å². The summed E-state index contributed by atoms with van der Waals surface area (Å²) in [4.78, 5) is 9.50. The van der Waals surface area contributed by atoms with Crippen molar-refractivity contribution in [3.63, 3.8) is 0 Å². The molecule has 0 bridgehead atoms. The van der Waals surface area contributed by atoms with Gasteiger partial charge in [-0.25, -0.2) is 9.98 Å². The molecule has 0 spiro atoms. The molecule has 1 aliphatic heterocycles. The summed E-state index contributed by atoms with van der Waals surface area (Å²) in [7, 11) is -6.31. The molecule has 1 atom stereocenters. The lowest BCUT2D eigenvalue weighted by atomic mass is 10.2. The van der Waals surface area contributed by atoms with Crippen molar-refractivity contribution in [2.24, 2.45) is 9.98 Å². The predicted molar refractivity (Wildman–Crippen MR) is 105 cm³/mol. The van der Waals surface area contributed by atoms with Gasteiger partial charge in [0.25, 0.3) is 0 Å². The largest absolute Gasteiger partial charge is 0.219 e. The summed E-state index contributed by atoms with van der Waals surface area (Å²) in [6.07, 6.45) is 0. The first-order valence-electron chi connectivity index (χ1n) is 8.57. The topological polar surface area (TPSA) is 103 Å². The fraction of sp³-hybridized carbons (Fsp3) is 0. The van der Waals surface area contributed by atoms with E-state index in [0.717, 1.165) is 5.56 Å². The summed E-state index contributed by atoms with van der Waals surface area (Å²) in [5.74, 6) is 0.413. The molecule has 3 aromatic carbocycles. The molecule has 1 heterocycles. The summed E-state index contributed by atoms with van der Waals surface area (Å²) in [5, 5.41) is 0.324. The number of hydrogen-bond donors (Lipinski definition) is 0. The molecular weight excluding hydrogens is 412 g/mol. The number of benzene rings is 3. The summed E-state index contributed by atoms with van der Waals surface area (Å²) in [5.41, 5.74) is 2.05. The van der Waals surface area contributed by atoms with E-state index in [1.54, 1.807) is 48.5 Å². The predicted octanol–water partition coefficient (Wildman–Crippen LogP) is 1.17. The zero-order valence-electron chi connectivity index (χ0n) is 15.0. The third-order valence-electron chi connectivity index (χ3n) is 3.98. The van der Waals surface area contributed by atoms with Crippen molar-refractivity contribution in [2.45, 2.75) is 0 Å². The fourth-order valence-electron chi connectivity index (χ4n) is 2.75. The van der Waals surface area contributed by atoms with Gasteiger partial charge in [0.1, 0.15) is 13.8 Å². The van der Waals surface area contributed by atoms with Gasteiger partial charge >= 0.3 is 0 Å². The molecule has 0 saturated carbocycles. The highest BCUT2D eigenvalue weighted by Gasteiger charge is 2.34. The third kappa shape index (κ3) is 4.68. The summed E-state index contributed by atoms with van der Waals surface area (Å²) < 4.78 is 39.4. The Labute approximate surface area is 172 Å². The van der Waals surface area contributed by atoms with Crippen LogP contribution in [0.5, 0.6) is 0 Å². The Hall–Kier alpha value is -2.65. The van der Waals surface area contributed by atoms with Crippen LogP contribution in [0.3, 0.4) is 0 Å². The Morgan fingerprint density at radius 3 is 1.62 bits per heavy atom. The van der Waals surface area contributed by atoms with Crippen LogP contribution in [0.4, 0.5) is 0 Å². The molecule has 4 rings (SSSR count). The van der Waals surface area contributed by atoms with Crippen LogP contribution in [-0.4, -0.2) is 15.9 Å². The van der Waals surface area contributed by atoms with E-state index < -0.39 is 21.0 Å². The Morgan fingerprint density at radius 2 is 1.10 bits per heavy atom. The van der Waals surface area contributed by atoms with Crippen LogP contribution >= 0.6 is 10.8 Å². The van der Waals surface area contributed by atoms with E-state index in [9.17, 15) is 14.0 Å². The van der Waals surface area contributed by atoms with Gasteiger partial charge in [-0.15, -0.1) is 0 Å². The van der Waals surface area contributed by atoms with Gasteiger partial charge in [-0.05, 0) is 0 Å². The second-order valence-corrected chi connectivity index (χ2v) is 8.54. The summed E-state index contributed by atoms with van der Waals surface area (Å²) >= 11 is 0. The molecule has 146 valence electrons. The molecule has 0 saturated heterocycles. The SMILES string of the molecule is [O-][Cl+3]([O-])([O-])OS1=C(c2ccccc2)N=C(c2ccccc2)N=C1c1ccccc1. The smallest absolute Gasteiger partial charge is 0.185 e. The van der Waals surface area contributed by atoms with E-state index in [1.807, 2.05) is 42.5 Å². The standard InChI is InChI=1S/C21H15ClN2O4S/c25-22(26,27)28-29-20(17-12-6-2-7-13-17)23-19(16-10-4-1-5-11-16)24-21(29)18-14-8-3-9-15-18/h1-15H. The number of rotatable bonds is 5. The molecule has 1 aliphatic rings. The Balaban J connectivity index is 1.98. The molecular formula is C21H15ClN2O4S. The van der Waals surface area contributed by atoms with Crippen LogP contribution in [0.2, 0.25) is 0 Å². The second-order valence-electron chi connectivity index (χ2n) is 5.97. The number of amidine groups is 1. The monoisotopic (exact) mass is 426 g/mol. The third-order valence-corrected chi connectivity index (χ3v) is 6.46. The van der Waals surface area contributed by atoms with E-state index in [0.29, 0.717) is 27.0 Å². The van der Waals surface area contributed by atoms with Crippen molar-refractivity contribution < 1.29 is 28.0 Å². The lowest BCUT2D eigenvalue weighted by Crippen LogP contribution is -2.60. The van der Waals surface area contributed by atoms with Crippen LogP contribution in [-0.2, 0) is 3.74 Å². The first-order valence-corrected chi connectivity index (χ1v) is 11.0. The Kier molecular flexibility index (Phi) is 5.68. The highest BCUT2D eigenvalue weighted by atomic mass is 35.7. The zero-order valence-corrected chi connectivity index (χ0v) is 16.5. The van der Waals surface area contributed by atoms with Crippen molar-refractivity contribution in [3.05, 3.63) is 108 Å². The van der Waals surface area contributed by atoms with E-state index in [-0.39, 0.29) is 0 Å². The van der Waals surface area contributed by atoms with Crippen LogP contribution in [0.25, 0.3) is 0 Å². The number of hydrogen-bond acceptors (Lipinski definition) is 6. The van der Waals surface area contributed by atoms with Crippen molar-refractivity contribution in [1.82, 2.24) is 0 Å². The second kappa shape index (κ2) is 8.38. The van der Waals surface area contributed by atoms with Crippen LogP contribution < -0.4 is 14.0 Å². The van der Waals surface area contributed by atoms with E-state index >= 15 is 0 Å². The van der Waals surface area contributed by atoms with E-state index in [4.69, 9.17) is 3.74 Å². The number of halogens is 1. The van der Waals surface area contributed by atoms with Gasteiger partial charge in [0, 0.05) is 16.7 Å². The average Bonchev–Trinajstić information content (AvgIpc) is 2.74. The first-order chi connectivity index (χ1) is 14.0. The van der Waals surface area contributed by atoms with E-state index in [2.05, 4.69) is 9.98 Å². The van der Waals surface area contributed by atoms with Gasteiger partial charge in [0.15, 0.2) is 16.6 Å². The first kappa shape index (κ1) is 19.7. The molecule has 0 amide bonds. The molecule has 8 heteroatoms. The van der Waals surface area contributed by atoms with Gasteiger partial charge in [0.05, 0.1) is 10.2 Å². The summed E-state index contributed by atoms with van der Waals surface area (Å²) in [6.45, 7) is 0. The molecule has 0 aliphatic carbocycles. The van der Waals surface area contributed by atoms with Gasteiger partial charge in [-0.1, -0.05) is 91.0 Å². The number of nitrogens with zero attached hydrogens (tertiary/aromatic N) is 2. The maximum atomic E-state index is 11.5. The van der Waals surface area contributed by atoms with Gasteiger partial charge < -0.3 is 0 Å². The minimum absolute atomic E-state index is 0.324. The summed E-state index contributed by atoms with van der Waals surface area (Å²) in [6, 6.07) is 27.4. The minimum atomic E-state index is -4.69. The highest BCUT2D eigenvalue weighted by Crippen LogP contribution is 2.33. The molecule has 0 aromatic heterocycles. The van der Waals surface area contributed by atoms with Crippen LogP contribution in [0, 0.1) is 10.2 Å². The van der Waals surface area contributed by atoms with Crippen LogP contribution in [0.15, 0.2) is 101 Å². The van der Waals surface area contributed by atoms with Crippen molar-refractivity contribution in [3.8, 4) is 0 Å². The molecule has 0 fully saturated rings. The van der Waals surface area contributed by atoms with Gasteiger partial charge in [0.2, 0.25) is 0 Å². The maximum Gasteiger partial charge on any atom is 0.185 e. The lowest BCUT2D eigenvalue weighted by molar-refractivity contribution is -1.91. The highest BCUT2D eigenvalue weighted by molar-refractivity contribution is 8.25. The molecule has 1 unspecified atom stereocenters.